The van der Waals surface area contributed by atoms with Crippen LogP contribution in [0.25, 0.3) is 0 Å². The number of amides is 1. The molecule has 0 aliphatic carbocycles. The summed E-state index contributed by atoms with van der Waals surface area (Å²) in [5.41, 5.74) is 1.95. The number of carbonyl (C=O) groups is 2. The van der Waals surface area contributed by atoms with Gasteiger partial charge in [0.15, 0.2) is 0 Å². The number of anilines is 1. The third kappa shape index (κ3) is 4.89. The number of hydrogen-bond donors (Lipinski definition) is 2. The molecule has 1 rings (SSSR count). The second kappa shape index (κ2) is 7.94. The minimum Gasteiger partial charge on any atom is -0.480 e. The topological polar surface area (TPSA) is 66.4 Å². The standard InChI is InChI=1S/C15H21NO3S/c1-4-11-6-8-12(9-7-11)16-14(17)10(3)20-13(5-2)15(18)19/h6-10,13H,4-5H2,1-3H3,(H,16,17)(H,18,19). The van der Waals surface area contributed by atoms with Crippen LogP contribution in [0, 0.1) is 0 Å². The average Bonchev–Trinajstić information content (AvgIpc) is 2.44. The van der Waals surface area contributed by atoms with Gasteiger partial charge >= 0.3 is 5.97 Å². The van der Waals surface area contributed by atoms with Gasteiger partial charge in [0.25, 0.3) is 0 Å². The molecule has 0 saturated heterocycles. The van der Waals surface area contributed by atoms with Gasteiger partial charge in [0, 0.05) is 5.69 Å². The maximum Gasteiger partial charge on any atom is 0.316 e. The van der Waals surface area contributed by atoms with Gasteiger partial charge in [-0.1, -0.05) is 26.0 Å². The van der Waals surface area contributed by atoms with Gasteiger partial charge < -0.3 is 10.4 Å². The molecular formula is C15H21NO3S. The van der Waals surface area contributed by atoms with Crippen molar-refractivity contribution in [1.82, 2.24) is 0 Å². The van der Waals surface area contributed by atoms with Crippen molar-refractivity contribution in [2.24, 2.45) is 0 Å². The Hall–Kier alpha value is -1.49. The fourth-order valence-electron chi connectivity index (χ4n) is 1.70. The number of aliphatic carboxylic acids is 1. The normalized spacial score (nSPS) is 13.6. The Labute approximate surface area is 124 Å². The fourth-order valence-corrected chi connectivity index (χ4v) is 2.69. The first-order chi connectivity index (χ1) is 9.47. The number of nitrogens with one attached hydrogen (secondary N) is 1. The van der Waals surface area contributed by atoms with Crippen molar-refractivity contribution in [3.8, 4) is 0 Å². The van der Waals surface area contributed by atoms with E-state index in [4.69, 9.17) is 5.11 Å². The molecular weight excluding hydrogens is 274 g/mol. The molecule has 0 heterocycles. The van der Waals surface area contributed by atoms with E-state index in [1.54, 1.807) is 13.8 Å². The zero-order valence-electron chi connectivity index (χ0n) is 12.1. The van der Waals surface area contributed by atoms with Crippen LogP contribution in [0.15, 0.2) is 24.3 Å². The maximum atomic E-state index is 12.0. The van der Waals surface area contributed by atoms with Crippen molar-refractivity contribution in [2.45, 2.75) is 44.1 Å². The summed E-state index contributed by atoms with van der Waals surface area (Å²) in [7, 11) is 0. The van der Waals surface area contributed by atoms with E-state index in [1.165, 1.54) is 17.3 Å². The summed E-state index contributed by atoms with van der Waals surface area (Å²) in [5.74, 6) is -1.04. The van der Waals surface area contributed by atoms with Crippen molar-refractivity contribution in [2.75, 3.05) is 5.32 Å². The molecule has 0 radical (unpaired) electrons. The van der Waals surface area contributed by atoms with Crippen LogP contribution in [-0.4, -0.2) is 27.5 Å². The highest BCUT2D eigenvalue weighted by Crippen LogP contribution is 2.22. The van der Waals surface area contributed by atoms with Gasteiger partial charge in [-0.05, 0) is 37.5 Å². The highest BCUT2D eigenvalue weighted by molar-refractivity contribution is 8.01. The summed E-state index contributed by atoms with van der Waals surface area (Å²) in [6, 6.07) is 7.67. The first-order valence-electron chi connectivity index (χ1n) is 6.76. The molecule has 2 N–H and O–H groups in total. The molecule has 0 aliphatic heterocycles. The predicted octanol–water partition coefficient (Wildman–Crippen LogP) is 3.17. The van der Waals surface area contributed by atoms with Gasteiger partial charge in [-0.25, -0.2) is 0 Å². The van der Waals surface area contributed by atoms with Gasteiger partial charge in [0.1, 0.15) is 5.25 Å². The molecule has 2 atom stereocenters. The van der Waals surface area contributed by atoms with E-state index < -0.39 is 16.5 Å². The number of benzene rings is 1. The molecule has 1 amide bonds. The number of rotatable bonds is 7. The number of carboxylic acids is 1. The SMILES string of the molecule is CCc1ccc(NC(=O)C(C)SC(CC)C(=O)O)cc1. The fraction of sp³-hybridized carbons (Fsp3) is 0.467. The van der Waals surface area contributed by atoms with Crippen LogP contribution in [-0.2, 0) is 16.0 Å². The number of aryl methyl sites for hydroxylation is 1. The highest BCUT2D eigenvalue weighted by atomic mass is 32.2. The summed E-state index contributed by atoms with van der Waals surface area (Å²) in [4.78, 5) is 23.0. The second-order valence-corrected chi connectivity index (χ2v) is 6.10. The smallest absolute Gasteiger partial charge is 0.316 e. The van der Waals surface area contributed by atoms with Crippen molar-refractivity contribution in [1.29, 1.82) is 0 Å². The van der Waals surface area contributed by atoms with Crippen molar-refractivity contribution in [3.05, 3.63) is 29.8 Å². The lowest BCUT2D eigenvalue weighted by Gasteiger charge is -2.16. The van der Waals surface area contributed by atoms with Gasteiger partial charge in [-0.2, -0.15) is 0 Å². The van der Waals surface area contributed by atoms with Crippen LogP contribution >= 0.6 is 11.8 Å². The molecule has 0 bridgehead atoms. The number of hydrogen-bond acceptors (Lipinski definition) is 3. The van der Waals surface area contributed by atoms with Crippen LogP contribution < -0.4 is 5.32 Å². The van der Waals surface area contributed by atoms with Crippen LogP contribution in [0.4, 0.5) is 5.69 Å². The Morgan fingerprint density at radius 1 is 1.25 bits per heavy atom. The Morgan fingerprint density at radius 3 is 2.30 bits per heavy atom. The summed E-state index contributed by atoms with van der Waals surface area (Å²) in [5, 5.41) is 10.9. The Kier molecular flexibility index (Phi) is 6.58. The minimum atomic E-state index is -0.871. The van der Waals surface area contributed by atoms with E-state index in [2.05, 4.69) is 12.2 Å². The quantitative estimate of drug-likeness (QED) is 0.811. The van der Waals surface area contributed by atoms with Crippen molar-refractivity contribution < 1.29 is 14.7 Å². The lowest BCUT2D eigenvalue weighted by molar-refractivity contribution is -0.136. The largest absolute Gasteiger partial charge is 0.480 e. The van der Waals surface area contributed by atoms with Gasteiger partial charge in [-0.15, -0.1) is 11.8 Å². The van der Waals surface area contributed by atoms with Crippen LogP contribution in [0.3, 0.4) is 0 Å². The maximum absolute atomic E-state index is 12.0. The van der Waals surface area contributed by atoms with Crippen LogP contribution in [0.2, 0.25) is 0 Å². The van der Waals surface area contributed by atoms with Crippen LogP contribution in [0.1, 0.15) is 32.8 Å². The Morgan fingerprint density at radius 2 is 1.85 bits per heavy atom. The molecule has 0 saturated carbocycles. The predicted molar refractivity (Wildman–Crippen MR) is 83.2 cm³/mol. The molecule has 1 aromatic rings. The molecule has 5 heteroatoms. The van der Waals surface area contributed by atoms with Crippen molar-refractivity contribution in [3.63, 3.8) is 0 Å². The molecule has 0 fully saturated rings. The summed E-state index contributed by atoms with van der Waals surface area (Å²) < 4.78 is 0. The number of carbonyl (C=O) groups excluding carboxylic acids is 1. The van der Waals surface area contributed by atoms with E-state index in [-0.39, 0.29) is 5.91 Å². The zero-order valence-corrected chi connectivity index (χ0v) is 12.9. The molecule has 2 unspecified atom stereocenters. The molecule has 1 aromatic carbocycles. The summed E-state index contributed by atoms with van der Waals surface area (Å²) >= 11 is 1.18. The van der Waals surface area contributed by atoms with E-state index in [0.717, 1.165) is 12.1 Å². The van der Waals surface area contributed by atoms with E-state index in [1.807, 2.05) is 24.3 Å². The van der Waals surface area contributed by atoms with Gasteiger partial charge in [-0.3, -0.25) is 9.59 Å². The van der Waals surface area contributed by atoms with Gasteiger partial charge in [0.2, 0.25) is 5.91 Å². The van der Waals surface area contributed by atoms with Gasteiger partial charge in [0.05, 0.1) is 5.25 Å². The number of carboxylic acid groups (broad SMARTS) is 1. The van der Waals surface area contributed by atoms with Crippen LogP contribution in [0.5, 0.6) is 0 Å². The third-order valence-corrected chi connectivity index (χ3v) is 4.50. The summed E-state index contributed by atoms with van der Waals surface area (Å²) in [6.45, 7) is 5.61. The Bertz CT molecular complexity index is 459. The highest BCUT2D eigenvalue weighted by Gasteiger charge is 2.23. The molecule has 110 valence electrons. The minimum absolute atomic E-state index is 0.168. The molecule has 0 aliphatic rings. The number of thioether (sulfide) groups is 1. The molecule has 0 aromatic heterocycles. The zero-order chi connectivity index (χ0) is 15.1. The monoisotopic (exact) mass is 295 g/mol. The average molecular weight is 295 g/mol. The van der Waals surface area contributed by atoms with Crippen molar-refractivity contribution >= 4 is 29.3 Å². The molecule has 20 heavy (non-hydrogen) atoms. The second-order valence-electron chi connectivity index (χ2n) is 4.55. The molecule has 4 nitrogen and oxygen atoms in total. The van der Waals surface area contributed by atoms with E-state index in [9.17, 15) is 9.59 Å². The lowest BCUT2D eigenvalue weighted by atomic mass is 10.1. The molecule has 0 spiro atoms. The van der Waals surface area contributed by atoms with E-state index in [0.29, 0.717) is 6.42 Å². The third-order valence-electron chi connectivity index (χ3n) is 3.01. The first-order valence-corrected chi connectivity index (χ1v) is 7.70. The summed E-state index contributed by atoms with van der Waals surface area (Å²) in [6.07, 6.45) is 1.46. The first kappa shape index (κ1) is 16.6. The lowest BCUT2D eigenvalue weighted by Crippen LogP contribution is -2.27. The Balaban J connectivity index is 2.58. The van der Waals surface area contributed by atoms with E-state index >= 15 is 0 Å².